The van der Waals surface area contributed by atoms with E-state index in [-0.39, 0.29) is 21.9 Å². The Morgan fingerprint density at radius 1 is 1.06 bits per heavy atom. The molecule has 0 bridgehead atoms. The lowest BCUT2D eigenvalue weighted by Crippen LogP contribution is -2.17. The fraction of sp³-hybridized carbons (Fsp3) is 0.0952. The first-order chi connectivity index (χ1) is 14.8. The van der Waals surface area contributed by atoms with Crippen molar-refractivity contribution in [1.29, 1.82) is 0 Å². The number of hydrogen-bond donors (Lipinski definition) is 1. The molecule has 0 amide bonds. The second-order valence-electron chi connectivity index (χ2n) is 7.23. The number of aromatic nitrogens is 5. The zero-order valence-electron chi connectivity index (χ0n) is 16.6. The van der Waals surface area contributed by atoms with Gasteiger partial charge < -0.3 is 5.11 Å². The Kier molecular flexibility index (Phi) is 4.02. The van der Waals surface area contributed by atoms with Crippen molar-refractivity contribution in [3.05, 3.63) is 66.6 Å². The third-order valence-corrected chi connectivity index (χ3v) is 6.98. The molecule has 0 aliphatic rings. The number of carboxylic acid groups (broad SMARTS) is 1. The first kappa shape index (κ1) is 19.1. The summed E-state index contributed by atoms with van der Waals surface area (Å²) in [6, 6.07) is 11.2. The SMILES string of the molecule is Cc1ccc(S(=O)(=O)n2c(-c3cccn3C(=O)O)cc3c4c(cnc32)cnn4C)cc1. The summed E-state index contributed by atoms with van der Waals surface area (Å²) in [5.74, 6) is 0. The Labute approximate surface area is 176 Å². The van der Waals surface area contributed by atoms with Gasteiger partial charge in [-0.05, 0) is 37.3 Å². The summed E-state index contributed by atoms with van der Waals surface area (Å²) in [7, 11) is -2.33. The van der Waals surface area contributed by atoms with E-state index in [1.165, 1.54) is 18.3 Å². The van der Waals surface area contributed by atoms with Crippen molar-refractivity contribution in [2.45, 2.75) is 11.8 Å². The smallest absolute Gasteiger partial charge is 0.416 e. The van der Waals surface area contributed by atoms with E-state index < -0.39 is 16.1 Å². The molecule has 0 spiro atoms. The maximum absolute atomic E-state index is 13.7. The zero-order chi connectivity index (χ0) is 21.9. The van der Waals surface area contributed by atoms with Gasteiger partial charge in [-0.1, -0.05) is 17.7 Å². The van der Waals surface area contributed by atoms with Gasteiger partial charge >= 0.3 is 6.09 Å². The van der Waals surface area contributed by atoms with Crippen LogP contribution in [0.2, 0.25) is 0 Å². The summed E-state index contributed by atoms with van der Waals surface area (Å²) >= 11 is 0. The summed E-state index contributed by atoms with van der Waals surface area (Å²) < 4.78 is 31.2. The molecule has 1 aromatic carbocycles. The van der Waals surface area contributed by atoms with Crippen molar-refractivity contribution < 1.29 is 18.3 Å². The molecule has 5 rings (SSSR count). The van der Waals surface area contributed by atoms with Crippen LogP contribution < -0.4 is 0 Å². The summed E-state index contributed by atoms with van der Waals surface area (Å²) in [6.45, 7) is 1.87. The van der Waals surface area contributed by atoms with E-state index in [0.29, 0.717) is 10.9 Å². The fourth-order valence-corrected chi connectivity index (χ4v) is 5.25. The lowest BCUT2D eigenvalue weighted by atomic mass is 10.2. The van der Waals surface area contributed by atoms with Gasteiger partial charge in [-0.2, -0.15) is 5.10 Å². The highest BCUT2D eigenvalue weighted by atomic mass is 32.2. The molecule has 0 fully saturated rings. The van der Waals surface area contributed by atoms with Gasteiger partial charge in [0.05, 0.1) is 28.0 Å². The van der Waals surface area contributed by atoms with Crippen molar-refractivity contribution in [2.75, 3.05) is 0 Å². The van der Waals surface area contributed by atoms with Crippen LogP contribution >= 0.6 is 0 Å². The Hall–Kier alpha value is -3.92. The minimum atomic E-state index is -4.08. The van der Waals surface area contributed by atoms with Crippen LogP contribution in [-0.4, -0.2) is 42.9 Å². The van der Waals surface area contributed by atoms with Crippen molar-refractivity contribution in [2.24, 2.45) is 7.05 Å². The van der Waals surface area contributed by atoms with Gasteiger partial charge in [0.15, 0.2) is 5.65 Å². The molecule has 31 heavy (non-hydrogen) atoms. The van der Waals surface area contributed by atoms with E-state index >= 15 is 0 Å². The highest BCUT2D eigenvalue weighted by molar-refractivity contribution is 7.90. The molecule has 0 saturated carbocycles. The molecule has 156 valence electrons. The standard InChI is InChI=1S/C21H17N5O4S/c1-13-5-7-15(8-6-13)31(29,30)26-18(17-4-3-9-25(17)21(27)28)10-16-19-14(11-22-20(16)26)12-23-24(19)2/h3-12H,1-2H3,(H,27,28). The first-order valence-electron chi connectivity index (χ1n) is 9.34. The average Bonchev–Trinajstić information content (AvgIpc) is 3.44. The third kappa shape index (κ3) is 2.76. The van der Waals surface area contributed by atoms with Crippen LogP contribution in [-0.2, 0) is 17.1 Å². The molecule has 0 saturated heterocycles. The van der Waals surface area contributed by atoms with Gasteiger partial charge in [-0.15, -0.1) is 0 Å². The molecule has 0 atom stereocenters. The highest BCUT2D eigenvalue weighted by Gasteiger charge is 2.28. The number of aryl methyl sites for hydroxylation is 2. The maximum Gasteiger partial charge on any atom is 0.416 e. The van der Waals surface area contributed by atoms with E-state index in [1.807, 2.05) is 6.92 Å². The van der Waals surface area contributed by atoms with Gasteiger partial charge in [0.2, 0.25) is 0 Å². The van der Waals surface area contributed by atoms with E-state index in [9.17, 15) is 18.3 Å². The average molecular weight is 435 g/mol. The van der Waals surface area contributed by atoms with Crippen molar-refractivity contribution in [3.63, 3.8) is 0 Å². The normalized spacial score (nSPS) is 12.1. The quantitative estimate of drug-likeness (QED) is 0.464. The van der Waals surface area contributed by atoms with E-state index in [0.717, 1.165) is 19.5 Å². The largest absolute Gasteiger partial charge is 0.464 e. The molecule has 10 heteroatoms. The molecular formula is C21H17N5O4S. The summed E-state index contributed by atoms with van der Waals surface area (Å²) in [6.07, 6.45) is 3.35. The van der Waals surface area contributed by atoms with Crippen LogP contribution in [0.1, 0.15) is 5.56 Å². The second kappa shape index (κ2) is 6.54. The lowest BCUT2D eigenvalue weighted by molar-refractivity contribution is 0.197. The van der Waals surface area contributed by atoms with E-state index in [1.54, 1.807) is 54.5 Å². The summed E-state index contributed by atoms with van der Waals surface area (Å²) in [4.78, 5) is 16.2. The predicted octanol–water partition coefficient (Wildman–Crippen LogP) is 3.46. The van der Waals surface area contributed by atoms with Gasteiger partial charge in [0.25, 0.3) is 10.0 Å². The van der Waals surface area contributed by atoms with Gasteiger partial charge in [-0.25, -0.2) is 22.2 Å². The van der Waals surface area contributed by atoms with Crippen molar-refractivity contribution in [1.82, 2.24) is 23.3 Å². The monoisotopic (exact) mass is 435 g/mol. The molecule has 4 aromatic heterocycles. The van der Waals surface area contributed by atoms with Gasteiger partial charge in [-0.3, -0.25) is 9.25 Å². The number of rotatable bonds is 3. The minimum Gasteiger partial charge on any atom is -0.464 e. The fourth-order valence-electron chi connectivity index (χ4n) is 3.78. The molecule has 0 radical (unpaired) electrons. The lowest BCUT2D eigenvalue weighted by Gasteiger charge is -2.12. The number of carbonyl (C=O) groups is 1. The predicted molar refractivity (Wildman–Crippen MR) is 115 cm³/mol. The maximum atomic E-state index is 13.7. The minimum absolute atomic E-state index is 0.0807. The zero-order valence-corrected chi connectivity index (χ0v) is 17.4. The summed E-state index contributed by atoms with van der Waals surface area (Å²) in [5.41, 5.74) is 2.24. The topological polar surface area (TPSA) is 112 Å². The van der Waals surface area contributed by atoms with Crippen LogP contribution in [0.25, 0.3) is 33.3 Å². The Balaban J connectivity index is 1.93. The summed E-state index contributed by atoms with van der Waals surface area (Å²) in [5, 5.41) is 15.1. The molecule has 5 aromatic rings. The van der Waals surface area contributed by atoms with E-state index in [2.05, 4.69) is 10.1 Å². The van der Waals surface area contributed by atoms with Gasteiger partial charge in [0.1, 0.15) is 0 Å². The third-order valence-electron chi connectivity index (χ3n) is 5.26. The molecule has 1 N–H and O–H groups in total. The van der Waals surface area contributed by atoms with Crippen LogP contribution in [0.5, 0.6) is 0 Å². The molecule has 4 heterocycles. The first-order valence-corrected chi connectivity index (χ1v) is 10.8. The van der Waals surface area contributed by atoms with Gasteiger partial charge in [0, 0.05) is 30.2 Å². The molecule has 0 unspecified atom stereocenters. The van der Waals surface area contributed by atoms with Crippen LogP contribution in [0, 0.1) is 6.92 Å². The van der Waals surface area contributed by atoms with Crippen LogP contribution in [0.15, 0.2) is 66.0 Å². The van der Waals surface area contributed by atoms with Crippen LogP contribution in [0.4, 0.5) is 4.79 Å². The Bertz CT molecular complexity index is 1590. The highest BCUT2D eigenvalue weighted by Crippen LogP contribution is 2.34. The second-order valence-corrected chi connectivity index (χ2v) is 9.01. The number of nitrogens with zero attached hydrogens (tertiary/aromatic N) is 5. The molecular weight excluding hydrogens is 418 g/mol. The number of benzene rings is 1. The van der Waals surface area contributed by atoms with Crippen LogP contribution in [0.3, 0.4) is 0 Å². The van der Waals surface area contributed by atoms with Crippen molar-refractivity contribution >= 4 is 38.1 Å². The molecule has 9 nitrogen and oxygen atoms in total. The number of pyridine rings is 1. The van der Waals surface area contributed by atoms with Crippen molar-refractivity contribution in [3.8, 4) is 11.4 Å². The molecule has 0 aliphatic carbocycles. The molecule has 0 aliphatic heterocycles. The number of hydrogen-bond acceptors (Lipinski definition) is 5. The Morgan fingerprint density at radius 3 is 2.52 bits per heavy atom. The van der Waals surface area contributed by atoms with E-state index in [4.69, 9.17) is 0 Å². The Morgan fingerprint density at radius 2 is 1.81 bits per heavy atom. The number of fused-ring (bicyclic) bond motifs is 3.